The summed E-state index contributed by atoms with van der Waals surface area (Å²) in [7, 11) is -4.64. The Balaban J connectivity index is 4.26. The molecular weight excluding hydrogens is 173 g/mol. The molecule has 0 aromatic carbocycles. The minimum absolute atomic E-state index is 0.877. The van der Waals surface area contributed by atoms with E-state index in [1.54, 1.807) is 0 Å². The highest BCUT2D eigenvalue weighted by atomic mass is 31.2. The van der Waals surface area contributed by atoms with Crippen molar-refractivity contribution in [1.29, 1.82) is 0 Å². The van der Waals surface area contributed by atoms with Gasteiger partial charge in [0.1, 0.15) is 6.10 Å². The van der Waals surface area contributed by atoms with E-state index in [0.717, 1.165) is 0 Å². The minimum Gasteiger partial charge on any atom is -0.388 e. The van der Waals surface area contributed by atoms with E-state index in [4.69, 9.17) is 25.7 Å². The van der Waals surface area contributed by atoms with Crippen LogP contribution in [0.5, 0.6) is 0 Å². The number of nitrogens with two attached hydrogens (primary N) is 1. The van der Waals surface area contributed by atoms with Crippen LogP contribution in [0.1, 0.15) is 6.92 Å². The fraction of sp³-hybridized carbons (Fsp3) is 1.00. The Bertz CT molecular complexity index is 166. The Kier molecular flexibility index (Phi) is 3.63. The summed E-state index contributed by atoms with van der Waals surface area (Å²) in [6.45, 7) is 1.34. The van der Waals surface area contributed by atoms with Gasteiger partial charge in [-0.15, -0.1) is 0 Å². The van der Waals surface area contributed by atoms with Gasteiger partial charge >= 0.3 is 7.60 Å². The summed E-state index contributed by atoms with van der Waals surface area (Å²) in [5.74, 6) is -2.09. The predicted octanol–water partition coefficient (Wildman–Crippen LogP) is -1.81. The smallest absolute Gasteiger partial charge is 0.356 e. The van der Waals surface area contributed by atoms with Crippen molar-refractivity contribution in [2.75, 3.05) is 0 Å². The third-order valence-corrected chi connectivity index (χ3v) is 2.18. The summed E-state index contributed by atoms with van der Waals surface area (Å²) in [4.78, 5) is 16.7. The molecule has 0 amide bonds. The van der Waals surface area contributed by atoms with E-state index in [9.17, 15) is 4.57 Å². The second-order valence-electron chi connectivity index (χ2n) is 2.35. The molecule has 0 saturated heterocycles. The van der Waals surface area contributed by atoms with Gasteiger partial charge in [-0.1, -0.05) is 0 Å². The molecule has 7 heteroatoms. The zero-order chi connectivity index (χ0) is 9.23. The van der Waals surface area contributed by atoms with E-state index in [0.29, 0.717) is 0 Å². The Labute approximate surface area is 63.8 Å². The highest BCUT2D eigenvalue weighted by molar-refractivity contribution is 7.52. The van der Waals surface area contributed by atoms with Gasteiger partial charge in [0.25, 0.3) is 0 Å². The number of hydrogen-bond donors (Lipinski definition) is 5. The fourth-order valence-corrected chi connectivity index (χ4v) is 1.14. The molecule has 0 aliphatic heterocycles. The molecule has 0 fully saturated rings. The molecule has 68 valence electrons. The summed E-state index contributed by atoms with van der Waals surface area (Å²) in [5, 5.41) is 17.6. The SMILES string of the molecule is C[C@@H](N)C(O)C(O)P(=O)(O)O. The lowest BCUT2D eigenvalue weighted by Gasteiger charge is -2.21. The maximum absolute atomic E-state index is 10.3. The second kappa shape index (κ2) is 3.62. The molecule has 0 bridgehead atoms. The van der Waals surface area contributed by atoms with Crippen LogP contribution in [-0.4, -0.2) is 38.0 Å². The van der Waals surface area contributed by atoms with Crippen LogP contribution >= 0.6 is 7.60 Å². The molecule has 6 nitrogen and oxygen atoms in total. The molecule has 6 N–H and O–H groups in total. The van der Waals surface area contributed by atoms with Crippen molar-refractivity contribution in [1.82, 2.24) is 0 Å². The van der Waals surface area contributed by atoms with Crippen LogP contribution in [-0.2, 0) is 4.57 Å². The van der Waals surface area contributed by atoms with Gasteiger partial charge in [0.2, 0.25) is 0 Å². The second-order valence-corrected chi connectivity index (χ2v) is 4.06. The van der Waals surface area contributed by atoms with Crippen molar-refractivity contribution in [3.8, 4) is 0 Å². The van der Waals surface area contributed by atoms with Crippen molar-refractivity contribution >= 4 is 7.60 Å². The lowest BCUT2D eigenvalue weighted by Crippen LogP contribution is -2.40. The molecule has 0 heterocycles. The third-order valence-electron chi connectivity index (χ3n) is 1.19. The van der Waals surface area contributed by atoms with Crippen LogP contribution in [0.4, 0.5) is 0 Å². The van der Waals surface area contributed by atoms with Gasteiger partial charge in [-0.3, -0.25) is 4.57 Å². The fourth-order valence-electron chi connectivity index (χ4n) is 0.470. The normalized spacial score (nSPS) is 20.9. The summed E-state index contributed by atoms with van der Waals surface area (Å²) >= 11 is 0. The molecule has 3 atom stereocenters. The van der Waals surface area contributed by atoms with Gasteiger partial charge in [0.15, 0.2) is 5.85 Å². The number of hydrogen-bond acceptors (Lipinski definition) is 4. The molecule has 0 rings (SSSR count). The van der Waals surface area contributed by atoms with Crippen LogP contribution < -0.4 is 5.73 Å². The summed E-state index contributed by atoms with van der Waals surface area (Å²) < 4.78 is 10.3. The molecular formula is C4H12NO5P. The van der Waals surface area contributed by atoms with Crippen LogP contribution in [0.15, 0.2) is 0 Å². The van der Waals surface area contributed by atoms with Gasteiger partial charge < -0.3 is 25.7 Å². The predicted molar refractivity (Wildman–Crippen MR) is 37.7 cm³/mol. The molecule has 0 aromatic heterocycles. The van der Waals surface area contributed by atoms with E-state index in [1.165, 1.54) is 6.92 Å². The lowest BCUT2D eigenvalue weighted by atomic mass is 10.2. The maximum atomic E-state index is 10.3. The van der Waals surface area contributed by atoms with Crippen LogP contribution in [0.3, 0.4) is 0 Å². The molecule has 11 heavy (non-hydrogen) atoms. The zero-order valence-electron chi connectivity index (χ0n) is 5.95. The first kappa shape index (κ1) is 11.0. The Morgan fingerprint density at radius 2 is 1.73 bits per heavy atom. The van der Waals surface area contributed by atoms with E-state index in [-0.39, 0.29) is 0 Å². The molecule has 0 saturated carbocycles. The molecule has 0 radical (unpaired) electrons. The first-order valence-electron chi connectivity index (χ1n) is 2.93. The molecule has 0 aliphatic carbocycles. The highest BCUT2D eigenvalue weighted by Gasteiger charge is 2.35. The van der Waals surface area contributed by atoms with E-state index >= 15 is 0 Å². The largest absolute Gasteiger partial charge is 0.388 e. The van der Waals surface area contributed by atoms with Crippen molar-refractivity contribution in [3.63, 3.8) is 0 Å². The third kappa shape index (κ3) is 3.29. The van der Waals surface area contributed by atoms with Crippen LogP contribution in [0, 0.1) is 0 Å². The first-order chi connectivity index (χ1) is 4.76. The van der Waals surface area contributed by atoms with Gasteiger partial charge in [-0.25, -0.2) is 0 Å². The maximum Gasteiger partial charge on any atom is 0.356 e. The molecule has 2 unspecified atom stereocenters. The highest BCUT2D eigenvalue weighted by Crippen LogP contribution is 2.41. The summed E-state index contributed by atoms with van der Waals surface area (Å²) in [6.07, 6.45) is -1.60. The standard InChI is InChI=1S/C4H12NO5P/c1-2(5)3(6)4(7)11(8,9)10/h2-4,6-7H,5H2,1H3,(H2,8,9,10)/t2-,3?,4?/m1/s1. The lowest BCUT2D eigenvalue weighted by molar-refractivity contribution is 0.0386. The first-order valence-corrected chi connectivity index (χ1v) is 4.62. The molecule has 0 spiro atoms. The van der Waals surface area contributed by atoms with Crippen molar-refractivity contribution in [2.45, 2.75) is 24.9 Å². The Morgan fingerprint density at radius 3 is 1.82 bits per heavy atom. The van der Waals surface area contributed by atoms with E-state index in [1.807, 2.05) is 0 Å². The number of aliphatic hydroxyl groups excluding tert-OH is 2. The molecule has 0 aliphatic rings. The minimum atomic E-state index is -4.64. The average molecular weight is 185 g/mol. The van der Waals surface area contributed by atoms with Crippen molar-refractivity contribution in [3.05, 3.63) is 0 Å². The monoisotopic (exact) mass is 185 g/mol. The summed E-state index contributed by atoms with van der Waals surface area (Å²) in [5.41, 5.74) is 5.08. The van der Waals surface area contributed by atoms with Gasteiger partial charge in [0.05, 0.1) is 0 Å². The van der Waals surface area contributed by atoms with Crippen LogP contribution in [0.2, 0.25) is 0 Å². The average Bonchev–Trinajstić information content (AvgIpc) is 1.82. The van der Waals surface area contributed by atoms with Gasteiger partial charge in [0, 0.05) is 6.04 Å². The van der Waals surface area contributed by atoms with Crippen molar-refractivity contribution < 1.29 is 24.6 Å². The van der Waals surface area contributed by atoms with Gasteiger partial charge in [-0.2, -0.15) is 0 Å². The Morgan fingerprint density at radius 1 is 1.36 bits per heavy atom. The topological polar surface area (TPSA) is 124 Å². The van der Waals surface area contributed by atoms with E-state index in [2.05, 4.69) is 0 Å². The number of rotatable bonds is 3. The Hall–Kier alpha value is 0.0300. The summed E-state index contributed by atoms with van der Waals surface area (Å²) in [6, 6.07) is -0.877. The quantitative estimate of drug-likeness (QED) is 0.330. The number of aliphatic hydroxyl groups is 2. The van der Waals surface area contributed by atoms with E-state index < -0.39 is 25.6 Å². The van der Waals surface area contributed by atoms with Crippen LogP contribution in [0.25, 0.3) is 0 Å². The zero-order valence-corrected chi connectivity index (χ0v) is 6.85. The molecule has 0 aromatic rings. The van der Waals surface area contributed by atoms with Crippen molar-refractivity contribution in [2.24, 2.45) is 5.73 Å². The van der Waals surface area contributed by atoms with Gasteiger partial charge in [-0.05, 0) is 6.92 Å².